The van der Waals surface area contributed by atoms with E-state index in [0.717, 1.165) is 45.0 Å². The summed E-state index contributed by atoms with van der Waals surface area (Å²) in [6.07, 6.45) is 4.65. The molecule has 100 valence electrons. The fourth-order valence-corrected chi connectivity index (χ4v) is 3.12. The predicted molar refractivity (Wildman–Crippen MR) is 68.7 cm³/mol. The van der Waals surface area contributed by atoms with E-state index in [0.29, 0.717) is 12.0 Å². The van der Waals surface area contributed by atoms with Crippen LogP contribution < -0.4 is 5.32 Å². The largest absolute Gasteiger partial charge is 0.381 e. The van der Waals surface area contributed by atoms with Crippen LogP contribution in [0.3, 0.4) is 0 Å². The Bertz CT molecular complexity index is 392. The van der Waals surface area contributed by atoms with Gasteiger partial charge in [0, 0.05) is 31.7 Å². The van der Waals surface area contributed by atoms with Crippen LogP contribution in [0.1, 0.15) is 49.3 Å². The maximum absolute atomic E-state index is 5.44. The highest BCUT2D eigenvalue weighted by molar-refractivity contribution is 5.05. The third-order valence-corrected chi connectivity index (χ3v) is 4.12. The number of hydrogen-bond acceptors (Lipinski definition) is 4. The van der Waals surface area contributed by atoms with Crippen molar-refractivity contribution in [3.63, 3.8) is 0 Å². The minimum Gasteiger partial charge on any atom is -0.381 e. The molecule has 0 bridgehead atoms. The van der Waals surface area contributed by atoms with Crippen molar-refractivity contribution in [2.75, 3.05) is 26.3 Å². The molecule has 1 N–H and O–H groups in total. The Kier molecular flexibility index (Phi) is 3.61. The van der Waals surface area contributed by atoms with Crippen molar-refractivity contribution in [2.24, 2.45) is 0 Å². The lowest BCUT2D eigenvalue weighted by atomic mass is 9.98. The van der Waals surface area contributed by atoms with E-state index in [9.17, 15) is 0 Å². The lowest BCUT2D eigenvalue weighted by Gasteiger charge is -2.29. The summed E-state index contributed by atoms with van der Waals surface area (Å²) in [5.41, 5.74) is 0. The lowest BCUT2D eigenvalue weighted by molar-refractivity contribution is 0.0821. The van der Waals surface area contributed by atoms with Gasteiger partial charge in [-0.3, -0.25) is 0 Å². The standard InChI is InChI=1S/C13H22N4O/c1-10-15-16-13(11-4-7-18-8-5-11)17(10)12-3-2-6-14-9-12/h11-12,14H,2-9H2,1H3. The third kappa shape index (κ3) is 2.29. The number of aromatic nitrogens is 3. The molecule has 3 heterocycles. The van der Waals surface area contributed by atoms with E-state index in [1.807, 2.05) is 0 Å². The van der Waals surface area contributed by atoms with Crippen LogP contribution in [0.4, 0.5) is 0 Å². The summed E-state index contributed by atoms with van der Waals surface area (Å²) in [5, 5.41) is 12.2. The molecule has 2 aliphatic rings. The maximum Gasteiger partial charge on any atom is 0.136 e. The second kappa shape index (κ2) is 5.36. The lowest BCUT2D eigenvalue weighted by Crippen LogP contribution is -2.33. The molecule has 0 spiro atoms. The molecule has 5 heteroatoms. The molecule has 18 heavy (non-hydrogen) atoms. The molecule has 1 atom stereocenters. The molecular formula is C13H22N4O. The highest BCUT2D eigenvalue weighted by Crippen LogP contribution is 2.29. The zero-order valence-electron chi connectivity index (χ0n) is 11.1. The second-order valence-electron chi connectivity index (χ2n) is 5.36. The number of nitrogens with zero attached hydrogens (tertiary/aromatic N) is 3. The number of nitrogens with one attached hydrogen (secondary N) is 1. The van der Waals surface area contributed by atoms with Crippen LogP contribution in [-0.4, -0.2) is 41.1 Å². The Morgan fingerprint density at radius 3 is 2.78 bits per heavy atom. The summed E-state index contributed by atoms with van der Waals surface area (Å²) < 4.78 is 7.82. The zero-order valence-corrected chi connectivity index (χ0v) is 11.1. The first-order chi connectivity index (χ1) is 8.86. The van der Waals surface area contributed by atoms with Gasteiger partial charge in [0.2, 0.25) is 0 Å². The number of rotatable bonds is 2. The third-order valence-electron chi connectivity index (χ3n) is 4.12. The van der Waals surface area contributed by atoms with Crippen molar-refractivity contribution in [1.29, 1.82) is 0 Å². The molecule has 1 aromatic rings. The summed E-state index contributed by atoms with van der Waals surface area (Å²) in [7, 11) is 0. The van der Waals surface area contributed by atoms with Gasteiger partial charge in [-0.2, -0.15) is 0 Å². The second-order valence-corrected chi connectivity index (χ2v) is 5.36. The molecule has 0 amide bonds. The van der Waals surface area contributed by atoms with Crippen molar-refractivity contribution in [2.45, 2.75) is 44.6 Å². The molecule has 0 aliphatic carbocycles. The van der Waals surface area contributed by atoms with Gasteiger partial charge in [-0.25, -0.2) is 0 Å². The summed E-state index contributed by atoms with van der Waals surface area (Å²) in [6, 6.07) is 0.534. The molecule has 1 unspecified atom stereocenters. The molecule has 2 saturated heterocycles. The Hall–Kier alpha value is -0.940. The first-order valence-corrected chi connectivity index (χ1v) is 7.06. The number of hydrogen-bond donors (Lipinski definition) is 1. The first kappa shape index (κ1) is 12.1. The van der Waals surface area contributed by atoms with Gasteiger partial charge < -0.3 is 14.6 Å². The van der Waals surface area contributed by atoms with Crippen molar-refractivity contribution in [3.05, 3.63) is 11.6 Å². The molecule has 0 saturated carbocycles. The first-order valence-electron chi connectivity index (χ1n) is 7.06. The molecular weight excluding hydrogens is 228 g/mol. The summed E-state index contributed by atoms with van der Waals surface area (Å²) in [5.74, 6) is 2.77. The van der Waals surface area contributed by atoms with Gasteiger partial charge in [-0.15, -0.1) is 10.2 Å². The number of aryl methyl sites for hydroxylation is 1. The van der Waals surface area contributed by atoms with Gasteiger partial charge in [0.25, 0.3) is 0 Å². The van der Waals surface area contributed by atoms with Crippen molar-refractivity contribution >= 4 is 0 Å². The highest BCUT2D eigenvalue weighted by atomic mass is 16.5. The van der Waals surface area contributed by atoms with E-state index in [2.05, 4.69) is 27.0 Å². The molecule has 2 fully saturated rings. The monoisotopic (exact) mass is 250 g/mol. The summed E-state index contributed by atoms with van der Waals surface area (Å²) in [6.45, 7) is 5.99. The van der Waals surface area contributed by atoms with Crippen LogP contribution in [0.25, 0.3) is 0 Å². The van der Waals surface area contributed by atoms with Gasteiger partial charge >= 0.3 is 0 Å². The summed E-state index contributed by atoms with van der Waals surface area (Å²) in [4.78, 5) is 0. The molecule has 1 aromatic heterocycles. The van der Waals surface area contributed by atoms with Crippen LogP contribution >= 0.6 is 0 Å². The fourth-order valence-electron chi connectivity index (χ4n) is 3.12. The number of piperidine rings is 1. The van der Waals surface area contributed by atoms with Crippen LogP contribution in [0.5, 0.6) is 0 Å². The molecule has 0 radical (unpaired) electrons. The highest BCUT2D eigenvalue weighted by Gasteiger charge is 2.26. The van der Waals surface area contributed by atoms with Gasteiger partial charge in [0.1, 0.15) is 11.6 Å². The van der Waals surface area contributed by atoms with Crippen LogP contribution in [0.2, 0.25) is 0 Å². The average Bonchev–Trinajstić information content (AvgIpc) is 2.83. The quantitative estimate of drug-likeness (QED) is 0.862. The minimum atomic E-state index is 0.530. The van der Waals surface area contributed by atoms with E-state index >= 15 is 0 Å². The van der Waals surface area contributed by atoms with Gasteiger partial charge in [-0.05, 0) is 39.2 Å². The van der Waals surface area contributed by atoms with E-state index in [-0.39, 0.29) is 0 Å². The van der Waals surface area contributed by atoms with E-state index in [1.165, 1.54) is 18.7 Å². The molecule has 3 rings (SSSR count). The Balaban J connectivity index is 1.85. The van der Waals surface area contributed by atoms with Crippen LogP contribution in [-0.2, 0) is 4.74 Å². The zero-order chi connectivity index (χ0) is 12.4. The molecule has 0 aromatic carbocycles. The molecule has 2 aliphatic heterocycles. The van der Waals surface area contributed by atoms with E-state index < -0.39 is 0 Å². The van der Waals surface area contributed by atoms with Gasteiger partial charge in [0.15, 0.2) is 0 Å². The van der Waals surface area contributed by atoms with Crippen LogP contribution in [0.15, 0.2) is 0 Å². The maximum atomic E-state index is 5.44. The Labute approximate surface area is 108 Å². The molecule has 5 nitrogen and oxygen atoms in total. The van der Waals surface area contributed by atoms with Gasteiger partial charge in [0.05, 0.1) is 0 Å². The Morgan fingerprint density at radius 2 is 2.06 bits per heavy atom. The predicted octanol–water partition coefficient (Wildman–Crippen LogP) is 1.41. The van der Waals surface area contributed by atoms with Crippen molar-refractivity contribution < 1.29 is 4.74 Å². The van der Waals surface area contributed by atoms with Crippen molar-refractivity contribution in [1.82, 2.24) is 20.1 Å². The van der Waals surface area contributed by atoms with Gasteiger partial charge in [-0.1, -0.05) is 0 Å². The minimum absolute atomic E-state index is 0.530. The fraction of sp³-hybridized carbons (Fsp3) is 0.846. The number of ether oxygens (including phenoxy) is 1. The topological polar surface area (TPSA) is 52.0 Å². The normalized spacial score (nSPS) is 26.4. The Morgan fingerprint density at radius 1 is 1.22 bits per heavy atom. The SMILES string of the molecule is Cc1nnc(C2CCOCC2)n1C1CCCNC1. The summed E-state index contributed by atoms with van der Waals surface area (Å²) >= 11 is 0. The smallest absolute Gasteiger partial charge is 0.136 e. The van der Waals surface area contributed by atoms with Crippen molar-refractivity contribution in [3.8, 4) is 0 Å². The van der Waals surface area contributed by atoms with E-state index in [4.69, 9.17) is 4.74 Å². The van der Waals surface area contributed by atoms with E-state index in [1.54, 1.807) is 0 Å². The van der Waals surface area contributed by atoms with Crippen LogP contribution in [0, 0.1) is 6.92 Å². The average molecular weight is 250 g/mol.